The molecule has 0 unspecified atom stereocenters. The van der Waals surface area contributed by atoms with Crippen LogP contribution in [0.1, 0.15) is 0 Å². The van der Waals surface area contributed by atoms with Gasteiger partial charge < -0.3 is 4.42 Å². The first-order chi connectivity index (χ1) is 21.8. The molecule has 6 aromatic carbocycles. The largest absolute Gasteiger partial charge is 0.456 e. The van der Waals surface area contributed by atoms with Crippen LogP contribution in [0.3, 0.4) is 0 Å². The highest BCUT2D eigenvalue weighted by molar-refractivity contribution is 6.12. The number of benzene rings is 6. The van der Waals surface area contributed by atoms with Crippen molar-refractivity contribution in [3.63, 3.8) is 0 Å². The lowest BCUT2D eigenvalue weighted by molar-refractivity contribution is 0.669. The SMILES string of the molecule is c1ccc(-c2ccc(-c3nc(-c4cccc5oc6ccccc6c45)nc(-n4c5ccccc5c5ccccc54)n3)cc2)cc1. The number of para-hydroxylation sites is 3. The molecule has 44 heavy (non-hydrogen) atoms. The van der Waals surface area contributed by atoms with Crippen LogP contribution in [0.5, 0.6) is 0 Å². The van der Waals surface area contributed by atoms with E-state index in [9.17, 15) is 0 Å². The highest BCUT2D eigenvalue weighted by Gasteiger charge is 2.20. The average Bonchev–Trinajstić information content (AvgIpc) is 3.65. The van der Waals surface area contributed by atoms with Crippen molar-refractivity contribution in [1.82, 2.24) is 19.5 Å². The van der Waals surface area contributed by atoms with Crippen molar-refractivity contribution in [2.24, 2.45) is 0 Å². The Bertz CT molecular complexity index is 2440. The molecule has 5 heteroatoms. The van der Waals surface area contributed by atoms with E-state index in [1.807, 2.05) is 36.4 Å². The fourth-order valence-corrected chi connectivity index (χ4v) is 6.26. The molecular formula is C39H24N4O. The smallest absolute Gasteiger partial charge is 0.238 e. The van der Waals surface area contributed by atoms with Gasteiger partial charge in [0.25, 0.3) is 0 Å². The molecule has 0 fully saturated rings. The Hall–Kier alpha value is -6.07. The zero-order valence-corrected chi connectivity index (χ0v) is 23.6. The summed E-state index contributed by atoms with van der Waals surface area (Å²) in [5, 5.41) is 4.34. The van der Waals surface area contributed by atoms with Gasteiger partial charge in [-0.25, -0.2) is 4.98 Å². The molecule has 9 rings (SSSR count). The van der Waals surface area contributed by atoms with Crippen LogP contribution < -0.4 is 0 Å². The Balaban J connectivity index is 1.32. The maximum absolute atomic E-state index is 6.23. The molecule has 206 valence electrons. The number of furan rings is 1. The predicted octanol–water partition coefficient (Wildman–Crippen LogP) is 9.87. The van der Waals surface area contributed by atoms with Crippen LogP contribution in [0.4, 0.5) is 0 Å². The maximum atomic E-state index is 6.23. The van der Waals surface area contributed by atoms with E-state index in [-0.39, 0.29) is 0 Å². The molecule has 0 atom stereocenters. The van der Waals surface area contributed by atoms with Gasteiger partial charge in [-0.3, -0.25) is 4.57 Å². The topological polar surface area (TPSA) is 56.7 Å². The van der Waals surface area contributed by atoms with Crippen LogP contribution in [-0.2, 0) is 0 Å². The van der Waals surface area contributed by atoms with E-state index in [2.05, 4.69) is 114 Å². The van der Waals surface area contributed by atoms with E-state index in [0.29, 0.717) is 17.6 Å². The third kappa shape index (κ3) is 3.83. The van der Waals surface area contributed by atoms with Gasteiger partial charge >= 0.3 is 0 Å². The first kappa shape index (κ1) is 24.5. The van der Waals surface area contributed by atoms with E-state index < -0.39 is 0 Å². The third-order valence-corrected chi connectivity index (χ3v) is 8.30. The Kier molecular flexibility index (Phi) is 5.43. The van der Waals surface area contributed by atoms with Gasteiger partial charge in [-0.15, -0.1) is 0 Å². The molecule has 0 radical (unpaired) electrons. The molecule has 0 aliphatic heterocycles. The summed E-state index contributed by atoms with van der Waals surface area (Å²) in [6.45, 7) is 0. The molecule has 5 nitrogen and oxygen atoms in total. The fraction of sp³-hybridized carbons (Fsp3) is 0. The van der Waals surface area contributed by atoms with E-state index in [0.717, 1.165) is 60.4 Å². The van der Waals surface area contributed by atoms with Crippen LogP contribution in [0.25, 0.3) is 83.6 Å². The number of hydrogen-bond acceptors (Lipinski definition) is 4. The quantitative estimate of drug-likeness (QED) is 0.213. The van der Waals surface area contributed by atoms with Crippen LogP contribution in [0.15, 0.2) is 150 Å². The van der Waals surface area contributed by atoms with Crippen molar-refractivity contribution < 1.29 is 4.42 Å². The van der Waals surface area contributed by atoms with Crippen molar-refractivity contribution in [3.05, 3.63) is 146 Å². The van der Waals surface area contributed by atoms with E-state index in [1.54, 1.807) is 0 Å². The number of hydrogen-bond donors (Lipinski definition) is 0. The summed E-state index contributed by atoms with van der Waals surface area (Å²) >= 11 is 0. The van der Waals surface area contributed by atoms with Gasteiger partial charge in [0.1, 0.15) is 11.2 Å². The van der Waals surface area contributed by atoms with Crippen LogP contribution in [0, 0.1) is 0 Å². The lowest BCUT2D eigenvalue weighted by Gasteiger charge is -2.12. The van der Waals surface area contributed by atoms with Crippen molar-refractivity contribution in [2.45, 2.75) is 0 Å². The molecule has 0 saturated carbocycles. The molecule has 0 aliphatic rings. The van der Waals surface area contributed by atoms with Gasteiger partial charge in [0.2, 0.25) is 5.95 Å². The molecule has 3 aromatic heterocycles. The molecule has 0 aliphatic carbocycles. The zero-order chi connectivity index (χ0) is 29.0. The fourth-order valence-electron chi connectivity index (χ4n) is 6.26. The van der Waals surface area contributed by atoms with Crippen LogP contribution >= 0.6 is 0 Å². The lowest BCUT2D eigenvalue weighted by Crippen LogP contribution is -2.06. The average molecular weight is 565 g/mol. The second-order valence-corrected chi connectivity index (χ2v) is 10.9. The summed E-state index contributed by atoms with van der Waals surface area (Å²) in [7, 11) is 0. The van der Waals surface area contributed by atoms with Crippen LogP contribution in [0.2, 0.25) is 0 Å². The number of fused-ring (bicyclic) bond motifs is 6. The minimum absolute atomic E-state index is 0.569. The molecule has 0 bridgehead atoms. The van der Waals surface area contributed by atoms with Gasteiger partial charge in [-0.05, 0) is 35.4 Å². The van der Waals surface area contributed by atoms with Gasteiger partial charge in [-0.2, -0.15) is 9.97 Å². The minimum atomic E-state index is 0.569. The van der Waals surface area contributed by atoms with Crippen molar-refractivity contribution in [1.29, 1.82) is 0 Å². The molecular weight excluding hydrogens is 540 g/mol. The summed E-state index contributed by atoms with van der Waals surface area (Å²) in [5.41, 5.74) is 7.85. The normalized spacial score (nSPS) is 11.6. The van der Waals surface area contributed by atoms with Crippen LogP contribution in [-0.4, -0.2) is 19.5 Å². The van der Waals surface area contributed by atoms with Gasteiger partial charge in [0.15, 0.2) is 11.6 Å². The number of aromatic nitrogens is 4. The molecule has 0 spiro atoms. The Morgan fingerprint density at radius 1 is 0.409 bits per heavy atom. The number of nitrogens with zero attached hydrogens (tertiary/aromatic N) is 4. The standard InChI is InChI=1S/C39H24N4O/c1-2-11-25(12-3-1)26-21-23-27(24-22-26)37-40-38(31-16-10-20-35-36(31)30-15-6-9-19-34(30)44-35)42-39(41-37)43-32-17-7-4-13-28(32)29-14-5-8-18-33(29)43/h1-24H. The Morgan fingerprint density at radius 2 is 0.977 bits per heavy atom. The minimum Gasteiger partial charge on any atom is -0.456 e. The van der Waals surface area contributed by atoms with Crippen molar-refractivity contribution in [2.75, 3.05) is 0 Å². The summed E-state index contributed by atoms with van der Waals surface area (Å²) < 4.78 is 8.37. The third-order valence-electron chi connectivity index (χ3n) is 8.30. The highest BCUT2D eigenvalue weighted by atomic mass is 16.3. The summed E-state index contributed by atoms with van der Waals surface area (Å²) in [6.07, 6.45) is 0. The zero-order valence-electron chi connectivity index (χ0n) is 23.6. The molecule has 3 heterocycles. The van der Waals surface area contributed by atoms with E-state index in [4.69, 9.17) is 19.4 Å². The molecule has 9 aromatic rings. The summed E-state index contributed by atoms with van der Waals surface area (Å²) in [4.78, 5) is 15.4. The monoisotopic (exact) mass is 564 g/mol. The molecule has 0 N–H and O–H groups in total. The maximum Gasteiger partial charge on any atom is 0.238 e. The lowest BCUT2D eigenvalue weighted by atomic mass is 10.0. The molecule has 0 saturated heterocycles. The summed E-state index contributed by atoms with van der Waals surface area (Å²) in [5.74, 6) is 1.77. The van der Waals surface area contributed by atoms with Gasteiger partial charge in [0.05, 0.1) is 11.0 Å². The molecule has 0 amide bonds. The number of rotatable bonds is 4. The van der Waals surface area contributed by atoms with Gasteiger partial charge in [-0.1, -0.05) is 121 Å². The first-order valence-corrected chi connectivity index (χ1v) is 14.6. The second kappa shape index (κ2) is 9.75. The van der Waals surface area contributed by atoms with Crippen molar-refractivity contribution >= 4 is 43.7 Å². The Labute approximate surface area is 252 Å². The first-order valence-electron chi connectivity index (χ1n) is 14.6. The predicted molar refractivity (Wildman–Crippen MR) is 178 cm³/mol. The van der Waals surface area contributed by atoms with E-state index in [1.165, 1.54) is 5.56 Å². The van der Waals surface area contributed by atoms with Crippen molar-refractivity contribution in [3.8, 4) is 39.9 Å². The second-order valence-electron chi connectivity index (χ2n) is 10.9. The summed E-state index contributed by atoms with van der Waals surface area (Å²) in [6, 6.07) is 49.8. The van der Waals surface area contributed by atoms with E-state index >= 15 is 0 Å². The Morgan fingerprint density at radius 3 is 1.73 bits per heavy atom. The van der Waals surface area contributed by atoms with Gasteiger partial charge in [0, 0.05) is 32.7 Å². The highest BCUT2D eigenvalue weighted by Crippen LogP contribution is 2.37.